The van der Waals surface area contributed by atoms with Gasteiger partial charge >= 0.3 is 6.18 Å². The molecule has 0 unspecified atom stereocenters. The Morgan fingerprint density at radius 1 is 1.30 bits per heavy atom. The van der Waals surface area contributed by atoms with Gasteiger partial charge in [0, 0.05) is 5.56 Å². The third kappa shape index (κ3) is 5.15. The fourth-order valence-electron chi connectivity index (χ4n) is 1.96. The Hall–Kier alpha value is -2.25. The highest BCUT2D eigenvalue weighted by molar-refractivity contribution is 6.02. The monoisotopic (exact) mass is 329 g/mol. The fraction of sp³-hybridized carbons (Fsp3) is 0.467. The standard InChI is InChI=1S/C15H18F3N3O2/c1-2-3-8-23-12-6-4-11(5-7-12)14-19-9-13(22)21(20-14)10-15(16,17)18/h4-7H,2-3,8-10H2,1H3,(H,19,20). The fourth-order valence-corrected chi connectivity index (χ4v) is 1.96. The lowest BCUT2D eigenvalue weighted by Crippen LogP contribution is -2.54. The number of hydrogen-bond acceptors (Lipinski definition) is 4. The smallest absolute Gasteiger partial charge is 0.408 e. The molecule has 126 valence electrons. The average Bonchev–Trinajstić information content (AvgIpc) is 2.49. The van der Waals surface area contributed by atoms with Gasteiger partial charge in [-0.15, -0.1) is 0 Å². The first-order valence-corrected chi connectivity index (χ1v) is 7.30. The second kappa shape index (κ2) is 7.34. The van der Waals surface area contributed by atoms with Crippen LogP contribution in [0, 0.1) is 0 Å². The van der Waals surface area contributed by atoms with E-state index in [4.69, 9.17) is 4.74 Å². The van der Waals surface area contributed by atoms with Crippen LogP contribution in [0.15, 0.2) is 29.3 Å². The number of rotatable bonds is 6. The van der Waals surface area contributed by atoms with E-state index in [1.54, 1.807) is 24.3 Å². The number of ether oxygens (including phenoxy) is 1. The first-order valence-electron chi connectivity index (χ1n) is 7.30. The lowest BCUT2D eigenvalue weighted by molar-refractivity contribution is -0.164. The number of nitrogens with one attached hydrogen (secondary N) is 1. The van der Waals surface area contributed by atoms with Gasteiger partial charge in [-0.25, -0.2) is 5.01 Å². The van der Waals surface area contributed by atoms with Crippen LogP contribution in [0.25, 0.3) is 0 Å². The SMILES string of the molecule is CCCCOc1ccc(C2=NCC(=O)N(CC(F)(F)F)N2)cc1. The second-order valence-electron chi connectivity index (χ2n) is 5.10. The van der Waals surface area contributed by atoms with Gasteiger partial charge in [-0.1, -0.05) is 13.3 Å². The molecular formula is C15H18F3N3O2. The molecule has 5 nitrogen and oxygen atoms in total. The van der Waals surface area contributed by atoms with Crippen molar-refractivity contribution in [3.8, 4) is 5.75 Å². The maximum Gasteiger partial charge on any atom is 0.408 e. The van der Waals surface area contributed by atoms with E-state index in [1.807, 2.05) is 0 Å². The minimum atomic E-state index is -4.47. The number of aliphatic imine (C=N–C) groups is 1. The van der Waals surface area contributed by atoms with E-state index in [0.29, 0.717) is 22.9 Å². The van der Waals surface area contributed by atoms with E-state index in [9.17, 15) is 18.0 Å². The molecule has 2 rings (SSSR count). The Balaban J connectivity index is 2.02. The number of amides is 1. The summed E-state index contributed by atoms with van der Waals surface area (Å²) >= 11 is 0. The molecule has 8 heteroatoms. The zero-order valence-corrected chi connectivity index (χ0v) is 12.7. The first kappa shape index (κ1) is 17.1. The molecule has 0 bridgehead atoms. The molecule has 1 amide bonds. The van der Waals surface area contributed by atoms with Gasteiger partial charge in [-0.05, 0) is 30.7 Å². The topological polar surface area (TPSA) is 53.9 Å². The summed E-state index contributed by atoms with van der Waals surface area (Å²) in [6, 6.07) is 6.82. The van der Waals surface area contributed by atoms with Crippen molar-refractivity contribution in [2.75, 3.05) is 19.7 Å². The van der Waals surface area contributed by atoms with E-state index in [0.717, 1.165) is 12.8 Å². The molecular weight excluding hydrogens is 311 g/mol. The van der Waals surface area contributed by atoms with Crippen LogP contribution in [0.1, 0.15) is 25.3 Å². The number of amidine groups is 1. The van der Waals surface area contributed by atoms with Crippen molar-refractivity contribution in [2.45, 2.75) is 25.9 Å². The highest BCUT2D eigenvalue weighted by atomic mass is 19.4. The summed E-state index contributed by atoms with van der Waals surface area (Å²) in [5.41, 5.74) is 3.01. The Kier molecular flexibility index (Phi) is 5.46. The predicted octanol–water partition coefficient (Wildman–Crippen LogP) is 2.52. The van der Waals surface area contributed by atoms with Crippen molar-refractivity contribution < 1.29 is 22.7 Å². The molecule has 0 saturated heterocycles. The summed E-state index contributed by atoms with van der Waals surface area (Å²) in [6.07, 6.45) is -2.49. The second-order valence-corrected chi connectivity index (χ2v) is 5.10. The van der Waals surface area contributed by atoms with Crippen LogP contribution in [-0.2, 0) is 4.79 Å². The van der Waals surface area contributed by atoms with Crippen LogP contribution in [0.3, 0.4) is 0 Å². The van der Waals surface area contributed by atoms with Crippen LogP contribution in [0.2, 0.25) is 0 Å². The summed E-state index contributed by atoms with van der Waals surface area (Å²) < 4.78 is 42.9. The summed E-state index contributed by atoms with van der Waals surface area (Å²) in [7, 11) is 0. The molecule has 0 spiro atoms. The van der Waals surface area contributed by atoms with E-state index < -0.39 is 18.6 Å². The van der Waals surface area contributed by atoms with Crippen LogP contribution in [0.4, 0.5) is 13.2 Å². The lowest BCUT2D eigenvalue weighted by atomic mass is 10.2. The number of carbonyl (C=O) groups excluding carboxylic acids is 1. The Labute approximate surface area is 132 Å². The predicted molar refractivity (Wildman–Crippen MR) is 79.2 cm³/mol. The maximum atomic E-state index is 12.5. The van der Waals surface area contributed by atoms with Crippen molar-refractivity contribution in [1.29, 1.82) is 0 Å². The molecule has 0 saturated carbocycles. The number of carbonyl (C=O) groups is 1. The number of alkyl halides is 3. The number of halogens is 3. The highest BCUT2D eigenvalue weighted by Gasteiger charge is 2.35. The number of unbranched alkanes of at least 4 members (excludes halogenated alkanes) is 1. The zero-order valence-electron chi connectivity index (χ0n) is 12.7. The van der Waals surface area contributed by atoms with Gasteiger partial charge in [0.05, 0.1) is 6.61 Å². The first-order chi connectivity index (χ1) is 10.9. The van der Waals surface area contributed by atoms with Crippen molar-refractivity contribution in [3.63, 3.8) is 0 Å². The molecule has 0 aromatic heterocycles. The molecule has 23 heavy (non-hydrogen) atoms. The van der Waals surface area contributed by atoms with Crippen LogP contribution in [0.5, 0.6) is 5.75 Å². The van der Waals surface area contributed by atoms with E-state index in [1.165, 1.54) is 0 Å². The number of hydrazine groups is 1. The molecule has 1 aromatic carbocycles. The van der Waals surface area contributed by atoms with Crippen molar-refractivity contribution >= 4 is 11.7 Å². The zero-order chi connectivity index (χ0) is 16.9. The summed E-state index contributed by atoms with van der Waals surface area (Å²) in [6.45, 7) is 1.01. The average molecular weight is 329 g/mol. The lowest BCUT2D eigenvalue weighted by Gasteiger charge is -2.29. The molecule has 0 aliphatic carbocycles. The van der Waals surface area contributed by atoms with Crippen LogP contribution < -0.4 is 10.2 Å². The molecule has 1 aliphatic rings. The molecule has 1 aliphatic heterocycles. The molecule has 1 heterocycles. The minimum Gasteiger partial charge on any atom is -0.494 e. The van der Waals surface area contributed by atoms with Crippen molar-refractivity contribution in [3.05, 3.63) is 29.8 Å². The van der Waals surface area contributed by atoms with Gasteiger partial charge in [0.25, 0.3) is 5.91 Å². The van der Waals surface area contributed by atoms with Gasteiger partial charge in [0.15, 0.2) is 0 Å². The normalized spacial score (nSPS) is 15.2. The van der Waals surface area contributed by atoms with Gasteiger partial charge in [-0.2, -0.15) is 13.2 Å². The quantitative estimate of drug-likeness (QED) is 0.816. The van der Waals surface area contributed by atoms with Gasteiger partial charge < -0.3 is 4.74 Å². The minimum absolute atomic E-state index is 0.231. The molecule has 0 fully saturated rings. The van der Waals surface area contributed by atoms with Crippen molar-refractivity contribution in [2.24, 2.45) is 4.99 Å². The Morgan fingerprint density at radius 3 is 2.61 bits per heavy atom. The summed E-state index contributed by atoms with van der Waals surface area (Å²) in [4.78, 5) is 15.5. The van der Waals surface area contributed by atoms with Crippen LogP contribution >= 0.6 is 0 Å². The number of hydrogen-bond donors (Lipinski definition) is 1. The maximum absolute atomic E-state index is 12.5. The van der Waals surface area contributed by atoms with Crippen molar-refractivity contribution in [1.82, 2.24) is 10.4 Å². The number of nitrogens with zero attached hydrogens (tertiary/aromatic N) is 2. The Bertz CT molecular complexity index is 570. The highest BCUT2D eigenvalue weighted by Crippen LogP contribution is 2.18. The van der Waals surface area contributed by atoms with E-state index in [-0.39, 0.29) is 12.4 Å². The third-order valence-electron chi connectivity index (χ3n) is 3.15. The Morgan fingerprint density at radius 2 is 2.00 bits per heavy atom. The molecule has 0 radical (unpaired) electrons. The van der Waals surface area contributed by atoms with Gasteiger partial charge in [-0.3, -0.25) is 15.2 Å². The summed E-state index contributed by atoms with van der Waals surface area (Å²) in [5.74, 6) is 0.196. The molecule has 1 aromatic rings. The summed E-state index contributed by atoms with van der Waals surface area (Å²) in [5, 5.41) is 0.536. The largest absolute Gasteiger partial charge is 0.494 e. The van der Waals surface area contributed by atoms with Crippen LogP contribution in [-0.4, -0.2) is 42.6 Å². The van der Waals surface area contributed by atoms with E-state index in [2.05, 4.69) is 17.3 Å². The van der Waals surface area contributed by atoms with Gasteiger partial charge in [0.2, 0.25) is 0 Å². The molecule has 1 N–H and O–H groups in total. The van der Waals surface area contributed by atoms with Gasteiger partial charge in [0.1, 0.15) is 24.7 Å². The van der Waals surface area contributed by atoms with E-state index >= 15 is 0 Å². The third-order valence-corrected chi connectivity index (χ3v) is 3.15. The number of benzene rings is 1. The molecule has 0 atom stereocenters.